The number of imide groups is 1. The molecule has 2 amide bonds. The van der Waals surface area contributed by atoms with Crippen molar-refractivity contribution < 1.29 is 18.4 Å². The zero-order valence-corrected chi connectivity index (χ0v) is 14.4. The SMILES string of the molecule is CCN1C(=O)C(C#N)=C(C)/C(=C/c2cc3oc(C(C)C)nc3o2)C1=O. The third kappa shape index (κ3) is 2.66. The highest BCUT2D eigenvalue weighted by molar-refractivity contribution is 6.19. The molecule has 128 valence electrons. The average molecular weight is 339 g/mol. The first-order valence-electron chi connectivity index (χ1n) is 7.96. The van der Waals surface area contributed by atoms with Crippen LogP contribution < -0.4 is 0 Å². The Hall–Kier alpha value is -3.14. The Labute approximate surface area is 144 Å². The molecular weight excluding hydrogens is 322 g/mol. The maximum Gasteiger partial charge on any atom is 0.271 e. The molecule has 0 aliphatic carbocycles. The highest BCUT2D eigenvalue weighted by atomic mass is 16.4. The predicted molar refractivity (Wildman–Crippen MR) is 89.0 cm³/mol. The number of hydrogen-bond acceptors (Lipinski definition) is 6. The minimum Gasteiger partial charge on any atom is -0.437 e. The van der Waals surface area contributed by atoms with E-state index in [1.54, 1.807) is 19.9 Å². The molecule has 0 unspecified atom stereocenters. The Morgan fingerprint density at radius 2 is 2.04 bits per heavy atom. The van der Waals surface area contributed by atoms with Crippen LogP contribution in [0.3, 0.4) is 0 Å². The molecule has 0 aromatic carbocycles. The summed E-state index contributed by atoms with van der Waals surface area (Å²) < 4.78 is 11.2. The van der Waals surface area contributed by atoms with E-state index in [0.717, 1.165) is 4.90 Å². The zero-order valence-electron chi connectivity index (χ0n) is 14.4. The molecule has 0 saturated heterocycles. The second kappa shape index (κ2) is 6.06. The molecule has 0 bridgehead atoms. The largest absolute Gasteiger partial charge is 0.437 e. The highest BCUT2D eigenvalue weighted by Crippen LogP contribution is 2.29. The van der Waals surface area contributed by atoms with Crippen LogP contribution in [0.15, 0.2) is 31.6 Å². The van der Waals surface area contributed by atoms with Gasteiger partial charge in [-0.25, -0.2) is 0 Å². The monoisotopic (exact) mass is 339 g/mol. The normalized spacial score (nSPS) is 17.3. The summed E-state index contributed by atoms with van der Waals surface area (Å²) in [6.45, 7) is 7.37. The van der Waals surface area contributed by atoms with Crippen LogP contribution in [0.1, 0.15) is 45.3 Å². The van der Waals surface area contributed by atoms with Gasteiger partial charge in [0.05, 0.1) is 0 Å². The standard InChI is InChI=1S/C18H17N3O4/c1-5-21-17(22)12(10(4)13(8-19)18(21)23)6-11-7-14-16(24-11)20-15(25-14)9(2)3/h6-7,9H,5H2,1-4H3/b12-6-. The van der Waals surface area contributed by atoms with Gasteiger partial charge in [-0.3, -0.25) is 14.5 Å². The smallest absolute Gasteiger partial charge is 0.271 e. The average Bonchev–Trinajstić information content (AvgIpc) is 3.11. The van der Waals surface area contributed by atoms with E-state index in [-0.39, 0.29) is 23.6 Å². The van der Waals surface area contributed by atoms with Gasteiger partial charge in [0.15, 0.2) is 5.58 Å². The summed E-state index contributed by atoms with van der Waals surface area (Å²) in [5.41, 5.74) is 1.39. The number of aromatic nitrogens is 1. The molecule has 7 nitrogen and oxygen atoms in total. The maximum atomic E-state index is 12.6. The minimum absolute atomic E-state index is 0.0387. The van der Waals surface area contributed by atoms with Gasteiger partial charge in [-0.05, 0) is 25.5 Å². The third-order valence-electron chi connectivity index (χ3n) is 4.05. The molecule has 7 heteroatoms. The molecule has 3 heterocycles. The fourth-order valence-electron chi connectivity index (χ4n) is 2.65. The first-order valence-corrected chi connectivity index (χ1v) is 7.96. The summed E-state index contributed by atoms with van der Waals surface area (Å²) in [5, 5.41) is 9.24. The van der Waals surface area contributed by atoms with Crippen molar-refractivity contribution in [3.63, 3.8) is 0 Å². The van der Waals surface area contributed by atoms with Crippen molar-refractivity contribution in [2.45, 2.75) is 33.6 Å². The Morgan fingerprint density at radius 3 is 2.60 bits per heavy atom. The number of amides is 2. The van der Waals surface area contributed by atoms with Gasteiger partial charge < -0.3 is 8.83 Å². The molecule has 2 aromatic heterocycles. The van der Waals surface area contributed by atoms with E-state index in [1.165, 1.54) is 6.08 Å². The third-order valence-corrected chi connectivity index (χ3v) is 4.05. The van der Waals surface area contributed by atoms with Crippen LogP contribution in [0.5, 0.6) is 0 Å². The number of carbonyl (C=O) groups is 2. The Bertz CT molecular complexity index is 950. The Morgan fingerprint density at radius 1 is 1.32 bits per heavy atom. The van der Waals surface area contributed by atoms with Crippen molar-refractivity contribution in [3.8, 4) is 6.07 Å². The fourth-order valence-corrected chi connectivity index (χ4v) is 2.65. The summed E-state index contributed by atoms with van der Waals surface area (Å²) >= 11 is 0. The quantitative estimate of drug-likeness (QED) is 0.629. The van der Waals surface area contributed by atoms with Gasteiger partial charge in [0.2, 0.25) is 5.89 Å². The molecule has 1 aliphatic heterocycles. The van der Waals surface area contributed by atoms with Crippen molar-refractivity contribution in [1.82, 2.24) is 9.88 Å². The van der Waals surface area contributed by atoms with Gasteiger partial charge in [-0.2, -0.15) is 10.2 Å². The van der Waals surface area contributed by atoms with Crippen molar-refractivity contribution in [1.29, 1.82) is 5.26 Å². The lowest BCUT2D eigenvalue weighted by Gasteiger charge is -2.25. The van der Waals surface area contributed by atoms with Gasteiger partial charge in [0, 0.05) is 24.1 Å². The zero-order chi connectivity index (χ0) is 18.3. The van der Waals surface area contributed by atoms with Crippen LogP contribution in [-0.2, 0) is 9.59 Å². The van der Waals surface area contributed by atoms with E-state index in [4.69, 9.17) is 8.83 Å². The number of fused-ring (bicyclic) bond motifs is 1. The summed E-state index contributed by atoms with van der Waals surface area (Å²) in [6, 6.07) is 3.52. The van der Waals surface area contributed by atoms with Crippen LogP contribution in [-0.4, -0.2) is 28.2 Å². The molecular formula is C18H17N3O4. The summed E-state index contributed by atoms with van der Waals surface area (Å²) in [5.74, 6) is 0.0694. The predicted octanol–water partition coefficient (Wildman–Crippen LogP) is 3.16. The van der Waals surface area contributed by atoms with Crippen LogP contribution in [0.4, 0.5) is 0 Å². The number of nitrogens with zero attached hydrogens (tertiary/aromatic N) is 3. The molecule has 0 atom stereocenters. The molecule has 0 saturated carbocycles. The Kier molecular flexibility index (Phi) is 4.05. The summed E-state index contributed by atoms with van der Waals surface area (Å²) in [7, 11) is 0. The van der Waals surface area contributed by atoms with Crippen LogP contribution in [0.2, 0.25) is 0 Å². The van der Waals surface area contributed by atoms with Gasteiger partial charge in [0.1, 0.15) is 17.4 Å². The van der Waals surface area contributed by atoms with E-state index in [0.29, 0.717) is 28.5 Å². The van der Waals surface area contributed by atoms with Gasteiger partial charge in [-0.15, -0.1) is 0 Å². The summed E-state index contributed by atoms with van der Waals surface area (Å²) in [6.07, 6.45) is 1.51. The lowest BCUT2D eigenvalue weighted by atomic mass is 9.95. The lowest BCUT2D eigenvalue weighted by Crippen LogP contribution is -2.42. The molecule has 2 aromatic rings. The van der Waals surface area contributed by atoms with Crippen molar-refractivity contribution in [3.05, 3.63) is 34.4 Å². The van der Waals surface area contributed by atoms with Gasteiger partial charge >= 0.3 is 0 Å². The van der Waals surface area contributed by atoms with E-state index in [2.05, 4.69) is 4.98 Å². The van der Waals surface area contributed by atoms with Crippen LogP contribution in [0, 0.1) is 11.3 Å². The van der Waals surface area contributed by atoms with E-state index < -0.39 is 11.8 Å². The van der Waals surface area contributed by atoms with E-state index >= 15 is 0 Å². The number of rotatable bonds is 3. The van der Waals surface area contributed by atoms with Gasteiger partial charge in [-0.1, -0.05) is 13.8 Å². The number of oxazole rings is 1. The minimum atomic E-state index is -0.568. The number of nitriles is 1. The molecule has 0 N–H and O–H groups in total. The Balaban J connectivity index is 2.08. The van der Waals surface area contributed by atoms with Crippen LogP contribution >= 0.6 is 0 Å². The molecule has 3 rings (SSSR count). The molecule has 1 aliphatic rings. The van der Waals surface area contributed by atoms with Crippen LogP contribution in [0.25, 0.3) is 17.4 Å². The highest BCUT2D eigenvalue weighted by Gasteiger charge is 2.34. The molecule has 0 radical (unpaired) electrons. The number of likely N-dealkylation sites (N-methyl/N-ethyl adjacent to an activating group) is 1. The fraction of sp³-hybridized carbons (Fsp3) is 0.333. The first kappa shape index (κ1) is 16.7. The topological polar surface area (TPSA) is 100 Å². The second-order valence-corrected chi connectivity index (χ2v) is 6.05. The first-order chi connectivity index (χ1) is 11.9. The number of furan rings is 1. The van der Waals surface area contributed by atoms with Crippen molar-refractivity contribution in [2.24, 2.45) is 0 Å². The maximum absolute atomic E-state index is 12.6. The van der Waals surface area contributed by atoms with E-state index in [1.807, 2.05) is 19.9 Å². The summed E-state index contributed by atoms with van der Waals surface area (Å²) in [4.78, 5) is 30.0. The van der Waals surface area contributed by atoms with Crippen molar-refractivity contribution in [2.75, 3.05) is 6.54 Å². The molecule has 25 heavy (non-hydrogen) atoms. The number of carbonyl (C=O) groups excluding carboxylic acids is 2. The number of hydrogen-bond donors (Lipinski definition) is 0. The lowest BCUT2D eigenvalue weighted by molar-refractivity contribution is -0.140. The van der Waals surface area contributed by atoms with E-state index in [9.17, 15) is 14.9 Å². The molecule has 0 fully saturated rings. The van der Waals surface area contributed by atoms with Crippen molar-refractivity contribution >= 4 is 29.2 Å². The molecule has 0 spiro atoms. The second-order valence-electron chi connectivity index (χ2n) is 6.05. The van der Waals surface area contributed by atoms with Gasteiger partial charge in [0.25, 0.3) is 17.5 Å².